The van der Waals surface area contributed by atoms with Gasteiger partial charge in [-0.2, -0.15) is 0 Å². The van der Waals surface area contributed by atoms with Gasteiger partial charge in [-0.05, 0) is 48.6 Å². The van der Waals surface area contributed by atoms with E-state index in [1.807, 2.05) is 0 Å². The van der Waals surface area contributed by atoms with E-state index in [1.165, 1.54) is 36.7 Å². The highest BCUT2D eigenvalue weighted by Gasteiger charge is 2.27. The van der Waals surface area contributed by atoms with Crippen molar-refractivity contribution in [2.75, 3.05) is 12.4 Å². The highest BCUT2D eigenvalue weighted by Crippen LogP contribution is 2.39. The molecule has 0 bridgehead atoms. The number of carbonyl (C=O) groups excluding carboxylic acids is 2. The molecule has 0 aliphatic heterocycles. The molecule has 1 aromatic heterocycles. The number of nitro benzene ring substituents is 1. The smallest absolute Gasteiger partial charge is 0.341 e. The normalized spacial score (nSPS) is 12.8. The van der Waals surface area contributed by atoms with Crippen LogP contribution in [0.25, 0.3) is 6.08 Å². The van der Waals surface area contributed by atoms with Crippen LogP contribution in [0, 0.1) is 10.1 Å². The van der Waals surface area contributed by atoms with Crippen molar-refractivity contribution in [1.29, 1.82) is 0 Å². The number of rotatable bonds is 5. The van der Waals surface area contributed by atoms with Crippen LogP contribution in [-0.2, 0) is 22.4 Å². The van der Waals surface area contributed by atoms with Crippen LogP contribution in [0.2, 0.25) is 0 Å². The largest absolute Gasteiger partial charge is 0.465 e. The monoisotopic (exact) mass is 372 g/mol. The van der Waals surface area contributed by atoms with E-state index >= 15 is 0 Å². The van der Waals surface area contributed by atoms with Crippen LogP contribution >= 0.6 is 11.3 Å². The second-order valence-corrected chi connectivity index (χ2v) is 6.83. The van der Waals surface area contributed by atoms with Gasteiger partial charge in [0.1, 0.15) is 5.00 Å². The summed E-state index contributed by atoms with van der Waals surface area (Å²) in [4.78, 5) is 35.5. The fourth-order valence-corrected chi connectivity index (χ4v) is 4.12. The van der Waals surface area contributed by atoms with E-state index in [0.717, 1.165) is 29.7 Å². The Hall–Kier alpha value is -3.00. The van der Waals surface area contributed by atoms with Gasteiger partial charge >= 0.3 is 5.97 Å². The summed E-state index contributed by atoms with van der Waals surface area (Å²) in [5, 5.41) is 13.9. The predicted molar refractivity (Wildman–Crippen MR) is 98.4 cm³/mol. The van der Waals surface area contributed by atoms with Crippen molar-refractivity contribution in [3.05, 3.63) is 62.0 Å². The Balaban J connectivity index is 1.74. The highest BCUT2D eigenvalue weighted by atomic mass is 32.1. The van der Waals surface area contributed by atoms with Gasteiger partial charge in [0.15, 0.2) is 0 Å². The average Bonchev–Trinajstić information content (AvgIpc) is 3.20. The first-order valence-electron chi connectivity index (χ1n) is 7.96. The van der Waals surface area contributed by atoms with Gasteiger partial charge in [0.2, 0.25) is 5.91 Å². The minimum atomic E-state index is -0.482. The van der Waals surface area contributed by atoms with Crippen LogP contribution in [-0.4, -0.2) is 23.9 Å². The van der Waals surface area contributed by atoms with Gasteiger partial charge in [-0.1, -0.05) is 0 Å². The van der Waals surface area contributed by atoms with Crippen molar-refractivity contribution < 1.29 is 19.2 Å². The van der Waals surface area contributed by atoms with Gasteiger partial charge < -0.3 is 10.1 Å². The molecule has 0 fully saturated rings. The number of non-ortho nitro benzene ring substituents is 1. The maximum absolute atomic E-state index is 12.2. The summed E-state index contributed by atoms with van der Waals surface area (Å²) in [6.45, 7) is 0. The molecule has 1 amide bonds. The summed E-state index contributed by atoms with van der Waals surface area (Å²) < 4.78 is 4.85. The number of carbonyl (C=O) groups is 2. The number of anilines is 1. The lowest BCUT2D eigenvalue weighted by Gasteiger charge is -2.05. The molecular weight excluding hydrogens is 356 g/mol. The fourth-order valence-electron chi connectivity index (χ4n) is 2.84. The molecule has 7 nitrogen and oxygen atoms in total. The number of benzene rings is 1. The third-order valence-corrected chi connectivity index (χ3v) is 5.29. The molecule has 8 heteroatoms. The third kappa shape index (κ3) is 3.65. The van der Waals surface area contributed by atoms with E-state index in [-0.39, 0.29) is 11.6 Å². The van der Waals surface area contributed by atoms with Crippen LogP contribution in [0.5, 0.6) is 0 Å². The van der Waals surface area contributed by atoms with Crippen molar-refractivity contribution in [2.45, 2.75) is 19.3 Å². The number of amides is 1. The van der Waals surface area contributed by atoms with Crippen LogP contribution in [0.4, 0.5) is 10.7 Å². The molecule has 0 saturated heterocycles. The summed E-state index contributed by atoms with van der Waals surface area (Å²) in [6.07, 6.45) is 5.59. The Morgan fingerprint density at radius 2 is 2.00 bits per heavy atom. The predicted octanol–water partition coefficient (Wildman–Crippen LogP) is 3.58. The molecule has 2 aromatic rings. The molecule has 1 N–H and O–H groups in total. The van der Waals surface area contributed by atoms with Gasteiger partial charge in [0.05, 0.1) is 17.6 Å². The lowest BCUT2D eigenvalue weighted by Crippen LogP contribution is -2.12. The number of nitrogens with one attached hydrogen (secondary N) is 1. The van der Waals surface area contributed by atoms with Crippen LogP contribution in [0.3, 0.4) is 0 Å². The Morgan fingerprint density at radius 1 is 1.27 bits per heavy atom. The number of hydrogen-bond acceptors (Lipinski definition) is 6. The number of hydrogen-bond donors (Lipinski definition) is 1. The summed E-state index contributed by atoms with van der Waals surface area (Å²) in [5.41, 5.74) is 2.06. The summed E-state index contributed by atoms with van der Waals surface area (Å²) in [5.74, 6) is -0.826. The number of nitro groups is 1. The van der Waals surface area contributed by atoms with E-state index in [2.05, 4.69) is 5.32 Å². The summed E-state index contributed by atoms with van der Waals surface area (Å²) in [7, 11) is 1.32. The van der Waals surface area contributed by atoms with Crippen molar-refractivity contribution in [1.82, 2.24) is 0 Å². The summed E-state index contributed by atoms with van der Waals surface area (Å²) in [6, 6.07) is 5.86. The standard InChI is InChI=1S/C18H16N2O5S/c1-25-18(22)16-13-3-2-4-14(13)26-17(16)19-15(21)10-7-11-5-8-12(9-6-11)20(23)24/h5-10H,2-4H2,1H3,(H,19,21)/b10-7+. The third-order valence-electron chi connectivity index (χ3n) is 4.08. The number of fused-ring (bicyclic) bond motifs is 1. The molecule has 1 aromatic carbocycles. The number of methoxy groups -OCH3 is 1. The first-order valence-corrected chi connectivity index (χ1v) is 8.77. The van der Waals surface area contributed by atoms with Gasteiger partial charge in [0.25, 0.3) is 5.69 Å². The maximum Gasteiger partial charge on any atom is 0.341 e. The minimum absolute atomic E-state index is 0.0116. The Labute approximate surface area is 153 Å². The average molecular weight is 372 g/mol. The van der Waals surface area contributed by atoms with Gasteiger partial charge in [-0.3, -0.25) is 14.9 Å². The lowest BCUT2D eigenvalue weighted by molar-refractivity contribution is -0.384. The number of ether oxygens (including phenoxy) is 1. The SMILES string of the molecule is COC(=O)c1c(NC(=O)/C=C/c2ccc([N+](=O)[O-])cc2)sc2c1CCC2. The quantitative estimate of drug-likeness (QED) is 0.374. The minimum Gasteiger partial charge on any atom is -0.465 e. The zero-order chi connectivity index (χ0) is 18.7. The number of esters is 1. The zero-order valence-electron chi connectivity index (χ0n) is 14.0. The molecule has 26 heavy (non-hydrogen) atoms. The lowest BCUT2D eigenvalue weighted by atomic mass is 10.1. The molecular formula is C18H16N2O5S. The van der Waals surface area contributed by atoms with Crippen molar-refractivity contribution in [3.63, 3.8) is 0 Å². The number of nitrogens with zero attached hydrogens (tertiary/aromatic N) is 1. The molecule has 1 heterocycles. The van der Waals surface area contributed by atoms with E-state index in [0.29, 0.717) is 16.1 Å². The Bertz CT molecular complexity index is 899. The molecule has 0 spiro atoms. The molecule has 0 atom stereocenters. The van der Waals surface area contributed by atoms with Gasteiger partial charge in [-0.15, -0.1) is 11.3 Å². The molecule has 3 rings (SSSR count). The number of thiophene rings is 1. The molecule has 0 radical (unpaired) electrons. The first kappa shape index (κ1) is 17.8. The second kappa shape index (κ2) is 7.49. The van der Waals surface area contributed by atoms with Gasteiger partial charge in [0, 0.05) is 23.1 Å². The zero-order valence-corrected chi connectivity index (χ0v) is 14.8. The highest BCUT2D eigenvalue weighted by molar-refractivity contribution is 7.17. The van der Waals surface area contributed by atoms with E-state index in [1.54, 1.807) is 18.2 Å². The van der Waals surface area contributed by atoms with Crippen molar-refractivity contribution in [3.8, 4) is 0 Å². The van der Waals surface area contributed by atoms with Crippen LogP contribution in [0.1, 0.15) is 32.8 Å². The Kier molecular flexibility index (Phi) is 5.13. The van der Waals surface area contributed by atoms with Crippen LogP contribution in [0.15, 0.2) is 30.3 Å². The topological polar surface area (TPSA) is 98.5 Å². The van der Waals surface area contributed by atoms with Crippen LogP contribution < -0.4 is 5.32 Å². The van der Waals surface area contributed by atoms with E-state index in [9.17, 15) is 19.7 Å². The molecule has 1 aliphatic carbocycles. The van der Waals surface area contributed by atoms with Gasteiger partial charge in [-0.25, -0.2) is 4.79 Å². The fraction of sp³-hybridized carbons (Fsp3) is 0.222. The summed E-state index contributed by atoms with van der Waals surface area (Å²) >= 11 is 1.41. The number of aryl methyl sites for hydroxylation is 1. The second-order valence-electron chi connectivity index (χ2n) is 5.72. The van der Waals surface area contributed by atoms with E-state index < -0.39 is 10.9 Å². The van der Waals surface area contributed by atoms with Crippen molar-refractivity contribution >= 4 is 40.0 Å². The molecule has 0 saturated carbocycles. The Morgan fingerprint density at radius 3 is 2.65 bits per heavy atom. The maximum atomic E-state index is 12.2. The molecule has 1 aliphatic rings. The first-order chi connectivity index (χ1) is 12.5. The van der Waals surface area contributed by atoms with E-state index in [4.69, 9.17) is 4.74 Å². The molecule has 134 valence electrons. The van der Waals surface area contributed by atoms with Crippen molar-refractivity contribution in [2.24, 2.45) is 0 Å². The molecule has 0 unspecified atom stereocenters.